The molecule has 39 heavy (non-hydrogen) atoms. The van der Waals surface area contributed by atoms with E-state index in [2.05, 4.69) is 101 Å². The summed E-state index contributed by atoms with van der Waals surface area (Å²) >= 11 is 6.50. The smallest absolute Gasteiger partial charge is 0.208 e. The molecule has 0 aliphatic carbocycles. The van der Waals surface area contributed by atoms with Crippen LogP contribution in [-0.2, 0) is 0 Å². The second kappa shape index (κ2) is 9.79. The Balaban J connectivity index is 1.39. The van der Waals surface area contributed by atoms with Crippen molar-refractivity contribution < 1.29 is 0 Å². The van der Waals surface area contributed by atoms with Crippen LogP contribution in [0.25, 0.3) is 66.6 Å². The van der Waals surface area contributed by atoms with Crippen LogP contribution >= 0.6 is 11.6 Å². The fourth-order valence-electron chi connectivity index (χ4n) is 5.25. The van der Waals surface area contributed by atoms with Gasteiger partial charge in [0.1, 0.15) is 0 Å². The number of fused-ring (bicyclic) bond motifs is 2. The molecule has 0 aliphatic heterocycles. The highest BCUT2D eigenvalue weighted by Crippen LogP contribution is 2.36. The summed E-state index contributed by atoms with van der Waals surface area (Å²) in [7, 11) is 0. The number of rotatable bonds is 4. The topological polar surface area (TPSA) is 38.7 Å². The van der Waals surface area contributed by atoms with Crippen LogP contribution in [0, 0.1) is 0 Å². The van der Waals surface area contributed by atoms with Gasteiger partial charge < -0.3 is 0 Å². The van der Waals surface area contributed by atoms with Crippen LogP contribution in [0.3, 0.4) is 0 Å². The van der Waals surface area contributed by atoms with Crippen molar-refractivity contribution in [3.8, 4) is 45.0 Å². The lowest BCUT2D eigenvalue weighted by Gasteiger charge is -2.12. The lowest BCUT2D eigenvalue weighted by molar-refractivity contribution is 1.07. The Bertz CT molecular complexity index is 1980. The van der Waals surface area contributed by atoms with Crippen LogP contribution in [0.15, 0.2) is 133 Å². The van der Waals surface area contributed by atoms with E-state index < -0.39 is 0 Å². The van der Waals surface area contributed by atoms with E-state index in [-0.39, 0.29) is 5.28 Å². The SMILES string of the molecule is Clc1nc(-c2ccc3cccc(-c4cccc5ccccc45)c3c2)nc(-c2ccccc2-c2ccccc2)n1. The maximum absolute atomic E-state index is 6.50. The third kappa shape index (κ3) is 4.33. The molecule has 4 heteroatoms. The molecular formula is C35H22ClN3. The molecule has 1 aromatic heterocycles. The molecule has 1 heterocycles. The zero-order valence-corrected chi connectivity index (χ0v) is 21.7. The highest BCUT2D eigenvalue weighted by Gasteiger charge is 2.15. The zero-order valence-electron chi connectivity index (χ0n) is 20.9. The Hall–Kier alpha value is -4.86. The second-order valence-electron chi connectivity index (χ2n) is 9.43. The van der Waals surface area contributed by atoms with Gasteiger partial charge in [0.25, 0.3) is 0 Å². The minimum absolute atomic E-state index is 0.167. The monoisotopic (exact) mass is 519 g/mol. The van der Waals surface area contributed by atoms with E-state index >= 15 is 0 Å². The lowest BCUT2D eigenvalue weighted by Crippen LogP contribution is -1.98. The highest BCUT2D eigenvalue weighted by molar-refractivity contribution is 6.28. The molecular weight excluding hydrogens is 498 g/mol. The first-order chi connectivity index (χ1) is 19.2. The van der Waals surface area contributed by atoms with Gasteiger partial charge in [0.2, 0.25) is 5.28 Å². The fraction of sp³-hybridized carbons (Fsp3) is 0. The Morgan fingerprint density at radius 3 is 1.79 bits per heavy atom. The van der Waals surface area contributed by atoms with E-state index in [1.54, 1.807) is 0 Å². The molecule has 0 bridgehead atoms. The summed E-state index contributed by atoms with van der Waals surface area (Å²) in [5.41, 5.74) is 6.30. The van der Waals surface area contributed by atoms with Gasteiger partial charge in [0.05, 0.1) is 0 Å². The van der Waals surface area contributed by atoms with Gasteiger partial charge in [0, 0.05) is 11.1 Å². The van der Waals surface area contributed by atoms with Crippen LogP contribution in [0.4, 0.5) is 0 Å². The third-order valence-corrected chi connectivity index (χ3v) is 7.25. The van der Waals surface area contributed by atoms with Crippen molar-refractivity contribution in [2.45, 2.75) is 0 Å². The Kier molecular flexibility index (Phi) is 5.84. The van der Waals surface area contributed by atoms with Gasteiger partial charge in [-0.05, 0) is 61.5 Å². The summed E-state index contributed by atoms with van der Waals surface area (Å²) in [6.45, 7) is 0. The number of hydrogen-bond acceptors (Lipinski definition) is 3. The van der Waals surface area contributed by atoms with Gasteiger partial charge >= 0.3 is 0 Å². The largest absolute Gasteiger partial charge is 0.226 e. The summed E-state index contributed by atoms with van der Waals surface area (Å²) in [5, 5.41) is 4.89. The van der Waals surface area contributed by atoms with Gasteiger partial charge in [-0.25, -0.2) is 4.98 Å². The van der Waals surface area contributed by atoms with Gasteiger partial charge in [-0.1, -0.05) is 127 Å². The highest BCUT2D eigenvalue weighted by atomic mass is 35.5. The number of aromatic nitrogens is 3. The first kappa shape index (κ1) is 23.3. The lowest BCUT2D eigenvalue weighted by atomic mass is 9.93. The summed E-state index contributed by atoms with van der Waals surface area (Å²) in [6, 6.07) is 46.0. The van der Waals surface area contributed by atoms with E-state index in [4.69, 9.17) is 16.6 Å². The van der Waals surface area contributed by atoms with Crippen molar-refractivity contribution in [1.82, 2.24) is 15.0 Å². The molecule has 0 spiro atoms. The van der Waals surface area contributed by atoms with Gasteiger partial charge in [0.15, 0.2) is 11.6 Å². The summed E-state index contributed by atoms with van der Waals surface area (Å²) < 4.78 is 0. The minimum Gasteiger partial charge on any atom is -0.208 e. The normalized spacial score (nSPS) is 11.2. The van der Waals surface area contributed by atoms with E-state index in [0.29, 0.717) is 11.6 Å². The molecule has 3 nitrogen and oxygen atoms in total. The molecule has 0 N–H and O–H groups in total. The fourth-order valence-corrected chi connectivity index (χ4v) is 5.41. The van der Waals surface area contributed by atoms with Gasteiger partial charge in [-0.3, -0.25) is 0 Å². The van der Waals surface area contributed by atoms with Gasteiger partial charge in [-0.15, -0.1) is 0 Å². The van der Waals surface area contributed by atoms with Crippen LogP contribution < -0.4 is 0 Å². The van der Waals surface area contributed by atoms with Crippen LogP contribution in [0.2, 0.25) is 5.28 Å². The molecule has 0 unspecified atom stereocenters. The maximum Gasteiger partial charge on any atom is 0.226 e. The molecule has 0 radical (unpaired) electrons. The average molecular weight is 520 g/mol. The van der Waals surface area contributed by atoms with Crippen molar-refractivity contribution in [3.05, 3.63) is 139 Å². The van der Waals surface area contributed by atoms with Crippen molar-refractivity contribution in [2.75, 3.05) is 0 Å². The Morgan fingerprint density at radius 2 is 0.974 bits per heavy atom. The molecule has 7 aromatic rings. The summed E-state index contributed by atoms with van der Waals surface area (Å²) in [4.78, 5) is 14.0. The van der Waals surface area contributed by atoms with Crippen LogP contribution in [0.1, 0.15) is 0 Å². The Labute approximate surface area is 231 Å². The summed E-state index contributed by atoms with van der Waals surface area (Å²) in [5.74, 6) is 1.09. The van der Waals surface area contributed by atoms with Crippen molar-refractivity contribution in [2.24, 2.45) is 0 Å². The Morgan fingerprint density at radius 1 is 0.385 bits per heavy atom. The zero-order chi connectivity index (χ0) is 26.2. The van der Waals surface area contributed by atoms with E-state index in [0.717, 1.165) is 33.0 Å². The molecule has 0 fully saturated rings. The third-order valence-electron chi connectivity index (χ3n) is 7.08. The number of hydrogen-bond donors (Lipinski definition) is 0. The predicted molar refractivity (Wildman–Crippen MR) is 162 cm³/mol. The number of nitrogens with zero attached hydrogens (tertiary/aromatic N) is 3. The molecule has 0 atom stereocenters. The van der Waals surface area contributed by atoms with Crippen LogP contribution in [0.5, 0.6) is 0 Å². The molecule has 6 aromatic carbocycles. The summed E-state index contributed by atoms with van der Waals surface area (Å²) in [6.07, 6.45) is 0. The first-order valence-electron chi connectivity index (χ1n) is 12.8. The van der Waals surface area contributed by atoms with E-state index in [1.807, 2.05) is 42.5 Å². The number of benzene rings is 6. The van der Waals surface area contributed by atoms with Crippen LogP contribution in [-0.4, -0.2) is 15.0 Å². The number of halogens is 1. The maximum atomic E-state index is 6.50. The van der Waals surface area contributed by atoms with E-state index in [9.17, 15) is 0 Å². The minimum atomic E-state index is 0.167. The molecule has 7 rings (SSSR count). The van der Waals surface area contributed by atoms with E-state index in [1.165, 1.54) is 21.9 Å². The standard InChI is InChI=1S/C35H22ClN3/c36-35-38-33(37-34(39-35)31-17-7-6-16-28(31)23-10-2-1-3-11-23)26-21-20-25-14-9-19-30(32(25)22-26)29-18-8-13-24-12-4-5-15-27(24)29/h1-22H. The quantitative estimate of drug-likeness (QED) is 0.232. The van der Waals surface area contributed by atoms with Crippen molar-refractivity contribution in [1.29, 1.82) is 0 Å². The molecule has 0 amide bonds. The molecule has 184 valence electrons. The molecule has 0 saturated heterocycles. The van der Waals surface area contributed by atoms with Crippen molar-refractivity contribution >= 4 is 33.1 Å². The van der Waals surface area contributed by atoms with Gasteiger partial charge in [-0.2, -0.15) is 9.97 Å². The van der Waals surface area contributed by atoms with Crippen molar-refractivity contribution in [3.63, 3.8) is 0 Å². The second-order valence-corrected chi connectivity index (χ2v) is 9.77. The first-order valence-corrected chi connectivity index (χ1v) is 13.2. The average Bonchev–Trinajstić information content (AvgIpc) is 3.00. The molecule has 0 saturated carbocycles. The predicted octanol–water partition coefficient (Wildman–Crippen LogP) is 9.50. The molecule has 0 aliphatic rings.